The minimum absolute atomic E-state index is 0.0866. The maximum Gasteiger partial charge on any atom is 0.123 e. The smallest absolute Gasteiger partial charge is 0.123 e. The zero-order valence-electron chi connectivity index (χ0n) is 12.3. The van der Waals surface area contributed by atoms with Gasteiger partial charge in [-0.05, 0) is 48.5 Å². The normalized spacial score (nSPS) is 9.67. The summed E-state index contributed by atoms with van der Waals surface area (Å²) in [6, 6.07) is 15.4. The van der Waals surface area contributed by atoms with Gasteiger partial charge in [0, 0.05) is 30.9 Å². The molecule has 0 saturated carbocycles. The molecule has 2 aromatic carbocycles. The average Bonchev–Trinajstić information content (AvgIpc) is 2.52. The van der Waals surface area contributed by atoms with E-state index < -0.39 is 6.67 Å². The number of anilines is 1. The molecule has 0 fully saturated rings. The summed E-state index contributed by atoms with van der Waals surface area (Å²) in [5.74, 6) is 6.88. The van der Waals surface area contributed by atoms with E-state index in [0.717, 1.165) is 16.8 Å². The Kier molecular flexibility index (Phi) is 5.22. The van der Waals surface area contributed by atoms with Crippen molar-refractivity contribution in [1.82, 2.24) is 0 Å². The zero-order valence-corrected chi connectivity index (χ0v) is 12.3. The fourth-order valence-corrected chi connectivity index (χ4v) is 1.78. The molecular weight excluding hydrogens is 265 g/mol. The Morgan fingerprint density at radius 1 is 0.905 bits per heavy atom. The first-order valence-electron chi connectivity index (χ1n) is 6.77. The molecule has 0 N–H and O–H groups in total. The van der Waals surface area contributed by atoms with Gasteiger partial charge in [0.1, 0.15) is 19.0 Å². The van der Waals surface area contributed by atoms with Crippen molar-refractivity contribution in [3.05, 3.63) is 59.7 Å². The maximum absolute atomic E-state index is 12.0. The van der Waals surface area contributed by atoms with Crippen molar-refractivity contribution in [2.24, 2.45) is 0 Å². The summed E-state index contributed by atoms with van der Waals surface area (Å²) < 4.78 is 17.2. The van der Waals surface area contributed by atoms with Gasteiger partial charge in [-0.3, -0.25) is 0 Å². The molecule has 0 unspecified atom stereocenters. The van der Waals surface area contributed by atoms with E-state index in [2.05, 4.69) is 11.8 Å². The predicted molar refractivity (Wildman–Crippen MR) is 84.7 cm³/mol. The Labute approximate surface area is 125 Å². The summed E-state index contributed by atoms with van der Waals surface area (Å²) in [6.07, 6.45) is 0. The van der Waals surface area contributed by atoms with Crippen LogP contribution in [0.5, 0.6) is 5.75 Å². The van der Waals surface area contributed by atoms with Gasteiger partial charge in [0.15, 0.2) is 0 Å². The second-order valence-corrected chi connectivity index (χ2v) is 4.75. The number of ether oxygens (including phenoxy) is 1. The highest BCUT2D eigenvalue weighted by atomic mass is 19.1. The standard InChI is InChI=1S/C18H18FNO/c1-20(2)17-9-5-15(6-10-17)3-4-16-7-11-18(12-8-16)21-14-13-19/h5-12H,13-14H2,1-2H3. The molecule has 0 aromatic heterocycles. The third-order valence-corrected chi connectivity index (χ3v) is 2.94. The summed E-state index contributed by atoms with van der Waals surface area (Å²) in [6.45, 7) is -0.395. The lowest BCUT2D eigenvalue weighted by molar-refractivity contribution is 0.273. The minimum Gasteiger partial charge on any atom is -0.491 e. The molecule has 0 heterocycles. The Hall–Kier alpha value is -2.47. The van der Waals surface area contributed by atoms with E-state index in [-0.39, 0.29) is 6.61 Å². The molecule has 0 bridgehead atoms. The van der Waals surface area contributed by atoms with Crippen LogP contribution >= 0.6 is 0 Å². The molecule has 0 aliphatic heterocycles. The molecule has 21 heavy (non-hydrogen) atoms. The van der Waals surface area contributed by atoms with Crippen molar-refractivity contribution in [3.63, 3.8) is 0 Å². The summed E-state index contributed by atoms with van der Waals surface area (Å²) >= 11 is 0. The molecule has 2 rings (SSSR count). The van der Waals surface area contributed by atoms with Crippen LogP contribution in [-0.4, -0.2) is 27.4 Å². The van der Waals surface area contributed by atoms with E-state index in [1.54, 1.807) is 12.1 Å². The first-order valence-corrected chi connectivity index (χ1v) is 6.77. The number of benzene rings is 2. The van der Waals surface area contributed by atoms with Crippen molar-refractivity contribution in [2.45, 2.75) is 0 Å². The van der Waals surface area contributed by atoms with Gasteiger partial charge >= 0.3 is 0 Å². The zero-order chi connectivity index (χ0) is 15.1. The number of hydrogen-bond acceptors (Lipinski definition) is 2. The number of hydrogen-bond donors (Lipinski definition) is 0. The van der Waals surface area contributed by atoms with E-state index in [4.69, 9.17) is 4.74 Å². The lowest BCUT2D eigenvalue weighted by atomic mass is 10.1. The van der Waals surface area contributed by atoms with Crippen molar-refractivity contribution < 1.29 is 9.13 Å². The van der Waals surface area contributed by atoms with Crippen LogP contribution < -0.4 is 9.64 Å². The van der Waals surface area contributed by atoms with Crippen LogP contribution in [0.3, 0.4) is 0 Å². The summed E-state index contributed by atoms with van der Waals surface area (Å²) in [5.41, 5.74) is 3.02. The van der Waals surface area contributed by atoms with Gasteiger partial charge in [-0.25, -0.2) is 4.39 Å². The molecule has 0 saturated heterocycles. The highest BCUT2D eigenvalue weighted by Crippen LogP contribution is 2.13. The van der Waals surface area contributed by atoms with Gasteiger partial charge in [0.25, 0.3) is 0 Å². The number of alkyl halides is 1. The van der Waals surface area contributed by atoms with E-state index in [9.17, 15) is 4.39 Å². The third kappa shape index (κ3) is 4.54. The van der Waals surface area contributed by atoms with Crippen LogP contribution in [0.2, 0.25) is 0 Å². The molecule has 0 spiro atoms. The maximum atomic E-state index is 12.0. The molecule has 2 nitrogen and oxygen atoms in total. The molecule has 0 radical (unpaired) electrons. The average molecular weight is 283 g/mol. The number of halogens is 1. The monoisotopic (exact) mass is 283 g/mol. The van der Waals surface area contributed by atoms with E-state index in [1.807, 2.05) is 55.4 Å². The largest absolute Gasteiger partial charge is 0.491 e. The Morgan fingerprint density at radius 3 is 1.90 bits per heavy atom. The van der Waals surface area contributed by atoms with Gasteiger partial charge < -0.3 is 9.64 Å². The Balaban J connectivity index is 2.04. The van der Waals surface area contributed by atoms with E-state index >= 15 is 0 Å². The topological polar surface area (TPSA) is 12.5 Å². The molecular formula is C18H18FNO. The first-order chi connectivity index (χ1) is 10.2. The van der Waals surface area contributed by atoms with E-state index in [1.165, 1.54) is 0 Å². The highest BCUT2D eigenvalue weighted by Gasteiger charge is 1.95. The lowest BCUT2D eigenvalue weighted by Gasteiger charge is -2.11. The van der Waals surface area contributed by atoms with Crippen LogP contribution in [0.1, 0.15) is 11.1 Å². The van der Waals surface area contributed by atoms with Crippen LogP contribution in [0.25, 0.3) is 0 Å². The molecule has 2 aromatic rings. The minimum atomic E-state index is -0.482. The third-order valence-electron chi connectivity index (χ3n) is 2.94. The van der Waals surface area contributed by atoms with Crippen LogP contribution in [0.4, 0.5) is 10.1 Å². The van der Waals surface area contributed by atoms with Crippen molar-refractivity contribution in [2.75, 3.05) is 32.3 Å². The fourth-order valence-electron chi connectivity index (χ4n) is 1.78. The van der Waals surface area contributed by atoms with Gasteiger partial charge in [-0.15, -0.1) is 0 Å². The molecule has 3 heteroatoms. The van der Waals surface area contributed by atoms with Gasteiger partial charge in [-0.2, -0.15) is 0 Å². The molecule has 0 aliphatic rings. The van der Waals surface area contributed by atoms with Crippen molar-refractivity contribution >= 4 is 5.69 Å². The van der Waals surface area contributed by atoms with Crippen LogP contribution in [0.15, 0.2) is 48.5 Å². The number of nitrogens with zero attached hydrogens (tertiary/aromatic N) is 1. The molecule has 0 aliphatic carbocycles. The molecule has 108 valence electrons. The van der Waals surface area contributed by atoms with Crippen molar-refractivity contribution in [3.8, 4) is 17.6 Å². The first kappa shape index (κ1) is 14.9. The van der Waals surface area contributed by atoms with Crippen LogP contribution in [-0.2, 0) is 0 Å². The Bertz CT molecular complexity index is 621. The van der Waals surface area contributed by atoms with Gasteiger partial charge in [-0.1, -0.05) is 11.8 Å². The fraction of sp³-hybridized carbons (Fsp3) is 0.222. The van der Waals surface area contributed by atoms with Crippen molar-refractivity contribution in [1.29, 1.82) is 0 Å². The second kappa shape index (κ2) is 7.35. The van der Waals surface area contributed by atoms with E-state index in [0.29, 0.717) is 5.75 Å². The summed E-state index contributed by atoms with van der Waals surface area (Å²) in [4.78, 5) is 2.05. The lowest BCUT2D eigenvalue weighted by Crippen LogP contribution is -2.07. The number of rotatable bonds is 4. The highest BCUT2D eigenvalue weighted by molar-refractivity contribution is 5.51. The SMILES string of the molecule is CN(C)c1ccc(C#Cc2ccc(OCCF)cc2)cc1. The summed E-state index contributed by atoms with van der Waals surface area (Å²) in [5, 5.41) is 0. The predicted octanol–water partition coefficient (Wildman–Crippen LogP) is 3.50. The van der Waals surface area contributed by atoms with Gasteiger partial charge in [0.2, 0.25) is 0 Å². The van der Waals surface area contributed by atoms with Crippen LogP contribution in [0, 0.1) is 11.8 Å². The second-order valence-electron chi connectivity index (χ2n) is 4.75. The molecule has 0 atom stereocenters. The van der Waals surface area contributed by atoms with Gasteiger partial charge in [0.05, 0.1) is 0 Å². The summed E-state index contributed by atoms with van der Waals surface area (Å²) in [7, 11) is 4.01. The quantitative estimate of drug-likeness (QED) is 0.796. The molecule has 0 amide bonds. The Morgan fingerprint density at radius 2 is 1.43 bits per heavy atom.